The lowest BCUT2D eigenvalue weighted by atomic mass is 10.2. The van der Waals surface area contributed by atoms with Gasteiger partial charge in [0.25, 0.3) is 0 Å². The van der Waals surface area contributed by atoms with Crippen molar-refractivity contribution in [2.24, 2.45) is 7.05 Å². The predicted molar refractivity (Wildman–Crippen MR) is 87.4 cm³/mol. The van der Waals surface area contributed by atoms with Gasteiger partial charge in [0.1, 0.15) is 4.88 Å². The first-order valence-electron chi connectivity index (χ1n) is 7.14. The number of rotatable bonds is 2. The first kappa shape index (κ1) is 15.7. The van der Waals surface area contributed by atoms with E-state index in [2.05, 4.69) is 5.10 Å². The molecule has 25 heavy (non-hydrogen) atoms. The standard InChI is InChI=1S/C16H10F3N3O2S/c1-21-7-10-13-11(6-12(25-13)15(23)24)22(14(10)20-21)9-4-2-8(3-5-9)16(17,18)19/h2-7H,1H3,(H,23,24). The molecule has 3 heterocycles. The molecule has 9 heteroatoms. The normalized spacial score (nSPS) is 12.3. The van der Waals surface area contributed by atoms with E-state index in [1.807, 2.05) is 0 Å². The van der Waals surface area contributed by atoms with Crippen LogP contribution in [0.5, 0.6) is 0 Å². The average Bonchev–Trinajstić information content (AvgIpc) is 3.16. The van der Waals surface area contributed by atoms with Crippen molar-refractivity contribution in [3.63, 3.8) is 0 Å². The number of aromatic carboxylic acids is 1. The van der Waals surface area contributed by atoms with Crippen molar-refractivity contribution in [2.45, 2.75) is 6.18 Å². The van der Waals surface area contributed by atoms with Gasteiger partial charge in [-0.2, -0.15) is 18.3 Å². The number of carboxylic acids is 1. The second-order valence-corrected chi connectivity index (χ2v) is 6.60. The third-order valence-corrected chi connectivity index (χ3v) is 5.03. The second-order valence-electron chi connectivity index (χ2n) is 5.55. The molecule has 0 saturated heterocycles. The minimum absolute atomic E-state index is 0.163. The summed E-state index contributed by atoms with van der Waals surface area (Å²) in [5, 5.41) is 14.3. The SMILES string of the molecule is Cn1cc2c3sc(C(=O)O)cc3n(-c3ccc(C(F)(F)F)cc3)c2n1. The molecular weight excluding hydrogens is 355 g/mol. The third-order valence-electron chi connectivity index (χ3n) is 3.88. The van der Waals surface area contributed by atoms with E-state index in [0.717, 1.165) is 33.6 Å². The van der Waals surface area contributed by atoms with Crippen LogP contribution in [0.2, 0.25) is 0 Å². The number of alkyl halides is 3. The summed E-state index contributed by atoms with van der Waals surface area (Å²) >= 11 is 1.12. The minimum Gasteiger partial charge on any atom is -0.477 e. The number of benzene rings is 1. The van der Waals surface area contributed by atoms with E-state index >= 15 is 0 Å². The zero-order chi connectivity index (χ0) is 17.9. The van der Waals surface area contributed by atoms with Gasteiger partial charge in [-0.3, -0.25) is 9.25 Å². The topological polar surface area (TPSA) is 60.1 Å². The van der Waals surface area contributed by atoms with Crippen LogP contribution in [0.4, 0.5) is 13.2 Å². The quantitative estimate of drug-likeness (QED) is 0.576. The monoisotopic (exact) mass is 365 g/mol. The molecule has 0 atom stereocenters. The lowest BCUT2D eigenvalue weighted by Crippen LogP contribution is -2.05. The Bertz CT molecular complexity index is 1120. The Morgan fingerprint density at radius 2 is 1.92 bits per heavy atom. The average molecular weight is 365 g/mol. The largest absolute Gasteiger partial charge is 0.477 e. The van der Waals surface area contributed by atoms with Crippen molar-refractivity contribution in [3.05, 3.63) is 47.0 Å². The summed E-state index contributed by atoms with van der Waals surface area (Å²) in [5.74, 6) is -1.04. The Labute approximate surface area is 142 Å². The maximum Gasteiger partial charge on any atom is 0.416 e. The first-order chi connectivity index (χ1) is 11.8. The molecule has 4 rings (SSSR count). The van der Waals surface area contributed by atoms with Gasteiger partial charge in [-0.25, -0.2) is 4.79 Å². The fourth-order valence-corrected chi connectivity index (χ4v) is 3.81. The zero-order valence-electron chi connectivity index (χ0n) is 12.7. The van der Waals surface area contributed by atoms with Crippen molar-refractivity contribution in [2.75, 3.05) is 0 Å². The molecule has 0 saturated carbocycles. The summed E-state index contributed by atoms with van der Waals surface area (Å²) < 4.78 is 42.3. The van der Waals surface area contributed by atoms with E-state index in [1.54, 1.807) is 22.5 Å². The van der Waals surface area contributed by atoms with Gasteiger partial charge >= 0.3 is 12.1 Å². The maximum absolute atomic E-state index is 12.8. The van der Waals surface area contributed by atoms with Crippen LogP contribution < -0.4 is 0 Å². The highest BCUT2D eigenvalue weighted by atomic mass is 32.1. The second kappa shape index (κ2) is 5.09. The third kappa shape index (κ3) is 2.39. The Morgan fingerprint density at radius 3 is 2.52 bits per heavy atom. The van der Waals surface area contributed by atoms with Crippen molar-refractivity contribution < 1.29 is 23.1 Å². The van der Waals surface area contributed by atoms with E-state index in [1.165, 1.54) is 18.2 Å². The lowest BCUT2D eigenvalue weighted by Gasteiger charge is -2.09. The van der Waals surface area contributed by atoms with Crippen molar-refractivity contribution in [1.29, 1.82) is 0 Å². The summed E-state index contributed by atoms with van der Waals surface area (Å²) in [7, 11) is 1.73. The highest BCUT2D eigenvalue weighted by molar-refractivity contribution is 7.21. The van der Waals surface area contributed by atoms with Crippen LogP contribution in [0, 0.1) is 0 Å². The van der Waals surface area contributed by atoms with Crippen LogP contribution in [0.1, 0.15) is 15.2 Å². The number of hydrogen-bond acceptors (Lipinski definition) is 3. The Kier molecular flexibility index (Phi) is 3.20. The minimum atomic E-state index is -4.41. The van der Waals surface area contributed by atoms with Crippen molar-refractivity contribution in [1.82, 2.24) is 14.3 Å². The lowest BCUT2D eigenvalue weighted by molar-refractivity contribution is -0.137. The molecule has 0 fully saturated rings. The number of nitrogens with zero attached hydrogens (tertiary/aromatic N) is 3. The van der Waals surface area contributed by atoms with Crippen LogP contribution in [-0.2, 0) is 13.2 Å². The molecule has 0 aliphatic carbocycles. The van der Waals surface area contributed by atoms with Crippen LogP contribution in [0.3, 0.4) is 0 Å². The fraction of sp³-hybridized carbons (Fsp3) is 0.125. The molecule has 0 spiro atoms. The molecule has 0 unspecified atom stereocenters. The van der Waals surface area contributed by atoms with Gasteiger partial charge < -0.3 is 5.11 Å². The Balaban J connectivity index is 1.99. The fourth-order valence-electron chi connectivity index (χ4n) is 2.82. The van der Waals surface area contributed by atoms with E-state index in [0.29, 0.717) is 16.9 Å². The van der Waals surface area contributed by atoms with Crippen LogP contribution in [-0.4, -0.2) is 25.4 Å². The summed E-state index contributed by atoms with van der Waals surface area (Å²) in [4.78, 5) is 11.4. The Morgan fingerprint density at radius 1 is 1.24 bits per heavy atom. The Hall–Kier alpha value is -2.81. The number of aryl methyl sites for hydroxylation is 1. The van der Waals surface area contributed by atoms with E-state index in [9.17, 15) is 23.1 Å². The molecule has 1 N–H and O–H groups in total. The van der Waals surface area contributed by atoms with Crippen LogP contribution in [0.15, 0.2) is 36.5 Å². The van der Waals surface area contributed by atoms with E-state index in [-0.39, 0.29) is 4.88 Å². The van der Waals surface area contributed by atoms with Crippen LogP contribution >= 0.6 is 11.3 Å². The molecule has 0 aliphatic rings. The van der Waals surface area contributed by atoms with Gasteiger partial charge in [0.2, 0.25) is 0 Å². The summed E-state index contributed by atoms with van der Waals surface area (Å²) in [6.45, 7) is 0. The van der Waals surface area contributed by atoms with E-state index < -0.39 is 17.7 Å². The number of carboxylic acid groups (broad SMARTS) is 1. The number of thiophene rings is 1. The van der Waals surface area contributed by atoms with Gasteiger partial charge in [-0.1, -0.05) is 0 Å². The molecule has 5 nitrogen and oxygen atoms in total. The van der Waals surface area contributed by atoms with Gasteiger partial charge in [-0.05, 0) is 30.3 Å². The number of hydrogen-bond donors (Lipinski definition) is 1. The van der Waals surface area contributed by atoms with Crippen molar-refractivity contribution >= 4 is 38.6 Å². The molecular formula is C16H10F3N3O2S. The number of carbonyl (C=O) groups is 1. The molecule has 0 aliphatic heterocycles. The van der Waals surface area contributed by atoms with Crippen molar-refractivity contribution in [3.8, 4) is 5.69 Å². The molecule has 0 amide bonds. The van der Waals surface area contributed by atoms with Gasteiger partial charge in [0.05, 0.1) is 21.2 Å². The maximum atomic E-state index is 12.8. The zero-order valence-corrected chi connectivity index (χ0v) is 13.5. The van der Waals surface area contributed by atoms with Crippen LogP contribution in [0.25, 0.3) is 26.9 Å². The van der Waals surface area contributed by atoms with Gasteiger partial charge in [-0.15, -0.1) is 11.3 Å². The summed E-state index contributed by atoms with van der Waals surface area (Å²) in [6, 6.07) is 6.23. The molecule has 0 bridgehead atoms. The highest BCUT2D eigenvalue weighted by Gasteiger charge is 2.30. The predicted octanol–water partition coefficient (Wildman–Crippen LogP) is 4.30. The summed E-state index contributed by atoms with van der Waals surface area (Å²) in [6.07, 6.45) is -2.65. The first-order valence-corrected chi connectivity index (χ1v) is 7.96. The molecule has 0 radical (unpaired) electrons. The molecule has 3 aromatic heterocycles. The molecule has 128 valence electrons. The number of fused-ring (bicyclic) bond motifs is 3. The highest BCUT2D eigenvalue weighted by Crippen LogP contribution is 2.37. The van der Waals surface area contributed by atoms with Gasteiger partial charge in [0, 0.05) is 18.9 Å². The number of aromatic nitrogens is 3. The summed E-state index contributed by atoms with van der Waals surface area (Å²) in [5.41, 5.74) is 0.926. The smallest absolute Gasteiger partial charge is 0.416 e. The molecule has 4 aromatic rings. The molecule has 1 aromatic carbocycles. The number of halogens is 3. The van der Waals surface area contributed by atoms with E-state index in [4.69, 9.17) is 0 Å². The van der Waals surface area contributed by atoms with Gasteiger partial charge in [0.15, 0.2) is 5.65 Å².